The number of carbonyl (C=O) groups excluding carboxylic acids is 2. The number of hydrogen-bond acceptors (Lipinski definition) is 2. The molecule has 30 heavy (non-hydrogen) atoms. The van der Waals surface area contributed by atoms with E-state index in [4.69, 9.17) is 0 Å². The number of rotatable bonds is 5. The quantitative estimate of drug-likeness (QED) is 0.732. The van der Waals surface area contributed by atoms with E-state index in [1.165, 1.54) is 6.07 Å². The van der Waals surface area contributed by atoms with Gasteiger partial charge in [-0.05, 0) is 55.4 Å². The summed E-state index contributed by atoms with van der Waals surface area (Å²) in [4.78, 5) is 29.8. The van der Waals surface area contributed by atoms with E-state index in [0.717, 1.165) is 36.8 Å². The molecule has 0 bridgehead atoms. The van der Waals surface area contributed by atoms with Gasteiger partial charge in [0.25, 0.3) is 0 Å². The Morgan fingerprint density at radius 1 is 1.03 bits per heavy atom. The number of halogens is 1. The highest BCUT2D eigenvalue weighted by atomic mass is 19.1. The van der Waals surface area contributed by atoms with Crippen LogP contribution in [0.1, 0.15) is 48.4 Å². The highest BCUT2D eigenvalue weighted by Gasteiger charge is 2.41. The Hall–Kier alpha value is -2.69. The molecule has 2 amide bonds. The van der Waals surface area contributed by atoms with Crippen molar-refractivity contribution in [1.29, 1.82) is 0 Å². The highest BCUT2D eigenvalue weighted by molar-refractivity contribution is 5.84. The van der Waals surface area contributed by atoms with Crippen LogP contribution >= 0.6 is 0 Å². The van der Waals surface area contributed by atoms with Crippen molar-refractivity contribution in [2.24, 2.45) is 11.8 Å². The molecule has 0 spiro atoms. The average molecular weight is 409 g/mol. The minimum Gasteiger partial charge on any atom is -0.341 e. The van der Waals surface area contributed by atoms with Crippen molar-refractivity contribution in [3.63, 3.8) is 0 Å². The fourth-order valence-corrected chi connectivity index (χ4v) is 4.45. The van der Waals surface area contributed by atoms with Crippen LogP contribution in [0.5, 0.6) is 0 Å². The monoisotopic (exact) mass is 408 g/mol. The first-order valence-corrected chi connectivity index (χ1v) is 10.8. The second-order valence-corrected chi connectivity index (χ2v) is 8.74. The van der Waals surface area contributed by atoms with E-state index in [0.29, 0.717) is 18.7 Å². The van der Waals surface area contributed by atoms with Gasteiger partial charge in [-0.15, -0.1) is 0 Å². The van der Waals surface area contributed by atoms with Crippen molar-refractivity contribution in [2.75, 3.05) is 13.6 Å². The van der Waals surface area contributed by atoms with E-state index in [9.17, 15) is 14.0 Å². The fourth-order valence-electron chi connectivity index (χ4n) is 4.45. The molecular formula is C25H29FN2O2. The summed E-state index contributed by atoms with van der Waals surface area (Å²) < 4.78 is 13.8. The molecule has 1 aliphatic heterocycles. The number of amides is 2. The first-order chi connectivity index (χ1) is 14.4. The van der Waals surface area contributed by atoms with E-state index in [-0.39, 0.29) is 35.5 Å². The lowest BCUT2D eigenvalue weighted by Crippen LogP contribution is -2.47. The van der Waals surface area contributed by atoms with Gasteiger partial charge in [-0.3, -0.25) is 9.59 Å². The Labute approximate surface area is 177 Å². The predicted molar refractivity (Wildman–Crippen MR) is 114 cm³/mol. The van der Waals surface area contributed by atoms with Gasteiger partial charge in [-0.1, -0.05) is 42.5 Å². The number of carbonyl (C=O) groups is 2. The molecule has 1 saturated heterocycles. The van der Waals surface area contributed by atoms with Crippen LogP contribution in [0.2, 0.25) is 0 Å². The summed E-state index contributed by atoms with van der Waals surface area (Å²) in [7, 11) is 1.83. The molecule has 4 nitrogen and oxygen atoms in total. The first-order valence-electron chi connectivity index (χ1n) is 10.8. The van der Waals surface area contributed by atoms with Crippen molar-refractivity contribution in [3.8, 4) is 0 Å². The molecule has 2 aliphatic rings. The molecule has 0 radical (unpaired) electrons. The second kappa shape index (κ2) is 8.58. The average Bonchev–Trinajstić information content (AvgIpc) is 3.60. The van der Waals surface area contributed by atoms with Crippen LogP contribution in [0.3, 0.4) is 0 Å². The summed E-state index contributed by atoms with van der Waals surface area (Å²) >= 11 is 0. The van der Waals surface area contributed by atoms with E-state index in [1.807, 2.05) is 48.3 Å². The highest BCUT2D eigenvalue weighted by Crippen LogP contribution is 2.40. The van der Waals surface area contributed by atoms with Gasteiger partial charge in [0.2, 0.25) is 11.8 Å². The smallest absolute Gasteiger partial charge is 0.227 e. The summed E-state index contributed by atoms with van der Waals surface area (Å²) in [5, 5.41) is 0. The van der Waals surface area contributed by atoms with Gasteiger partial charge in [0.15, 0.2) is 0 Å². The van der Waals surface area contributed by atoms with Crippen molar-refractivity contribution in [3.05, 3.63) is 71.0 Å². The molecule has 2 aromatic carbocycles. The third-order valence-electron chi connectivity index (χ3n) is 6.35. The number of nitrogens with zero attached hydrogens (tertiary/aromatic N) is 2. The Kier molecular flexibility index (Phi) is 5.89. The van der Waals surface area contributed by atoms with Crippen LogP contribution in [0.4, 0.5) is 4.39 Å². The van der Waals surface area contributed by atoms with Crippen LogP contribution in [0.15, 0.2) is 48.5 Å². The van der Waals surface area contributed by atoms with Gasteiger partial charge in [0.1, 0.15) is 5.82 Å². The van der Waals surface area contributed by atoms with Gasteiger partial charge in [-0.2, -0.15) is 0 Å². The molecular weight excluding hydrogens is 379 g/mol. The molecule has 158 valence electrons. The summed E-state index contributed by atoms with van der Waals surface area (Å²) in [5.74, 6) is -0.110. The zero-order chi connectivity index (χ0) is 21.3. The Morgan fingerprint density at radius 3 is 2.40 bits per heavy atom. The Bertz CT molecular complexity index is 926. The van der Waals surface area contributed by atoms with Crippen LogP contribution in [0.25, 0.3) is 0 Å². The van der Waals surface area contributed by atoms with Crippen molar-refractivity contribution < 1.29 is 14.0 Å². The number of piperidine rings is 1. The summed E-state index contributed by atoms with van der Waals surface area (Å²) in [6.07, 6.45) is 3.31. The number of likely N-dealkylation sites (tertiary alicyclic amines) is 1. The molecule has 0 unspecified atom stereocenters. The normalized spacial score (nSPS) is 21.4. The van der Waals surface area contributed by atoms with Crippen LogP contribution in [-0.2, 0) is 16.1 Å². The van der Waals surface area contributed by atoms with Crippen LogP contribution < -0.4 is 0 Å². The lowest BCUT2D eigenvalue weighted by Gasteiger charge is -2.40. The van der Waals surface area contributed by atoms with Crippen LogP contribution in [-0.4, -0.2) is 35.2 Å². The van der Waals surface area contributed by atoms with Crippen molar-refractivity contribution in [1.82, 2.24) is 9.80 Å². The maximum Gasteiger partial charge on any atom is 0.227 e. The third-order valence-corrected chi connectivity index (χ3v) is 6.35. The molecule has 4 rings (SSSR count). The number of hydrogen-bond donors (Lipinski definition) is 0. The predicted octanol–water partition coefficient (Wildman–Crippen LogP) is 4.48. The maximum absolute atomic E-state index is 13.8. The summed E-state index contributed by atoms with van der Waals surface area (Å²) in [6, 6.07) is 15.0. The number of benzene rings is 2. The Morgan fingerprint density at radius 2 is 1.73 bits per heavy atom. The summed E-state index contributed by atoms with van der Waals surface area (Å²) in [5.41, 5.74) is 2.65. The third kappa shape index (κ3) is 4.40. The maximum atomic E-state index is 13.8. The molecule has 2 fully saturated rings. The first kappa shape index (κ1) is 20.6. The molecule has 0 N–H and O–H groups in total. The van der Waals surface area contributed by atoms with Gasteiger partial charge in [0.05, 0.1) is 12.0 Å². The molecule has 0 aromatic heterocycles. The molecule has 1 aliphatic carbocycles. The molecule has 5 heteroatoms. The van der Waals surface area contributed by atoms with Crippen molar-refractivity contribution in [2.45, 2.75) is 45.2 Å². The van der Waals surface area contributed by atoms with Gasteiger partial charge in [-0.25, -0.2) is 4.39 Å². The van der Waals surface area contributed by atoms with E-state index >= 15 is 0 Å². The lowest BCUT2D eigenvalue weighted by molar-refractivity contribution is -0.143. The molecule has 2 atom stereocenters. The number of aryl methyl sites for hydroxylation is 1. The topological polar surface area (TPSA) is 40.6 Å². The van der Waals surface area contributed by atoms with Gasteiger partial charge >= 0.3 is 0 Å². The zero-order valence-electron chi connectivity index (χ0n) is 17.7. The molecule has 2 aromatic rings. The van der Waals surface area contributed by atoms with Crippen molar-refractivity contribution >= 4 is 11.8 Å². The van der Waals surface area contributed by atoms with Crippen LogP contribution in [0, 0.1) is 24.6 Å². The minimum atomic E-state index is -0.231. The second-order valence-electron chi connectivity index (χ2n) is 8.74. The standard InChI is InChI=1S/C25H29FN2O2/c1-17-14-20(10-12-22(17)26)23-13-11-21(16-28(23)25(30)19-8-9-19)24(29)27(2)15-18-6-4-3-5-7-18/h3-7,10,12,14,19,21,23H,8-9,11,13,15-16H2,1-2H3/t21-,23-/m0/s1. The lowest BCUT2D eigenvalue weighted by atomic mass is 9.87. The van der Waals surface area contributed by atoms with E-state index < -0.39 is 0 Å². The van der Waals surface area contributed by atoms with Gasteiger partial charge < -0.3 is 9.80 Å². The van der Waals surface area contributed by atoms with E-state index in [1.54, 1.807) is 17.9 Å². The summed E-state index contributed by atoms with van der Waals surface area (Å²) in [6.45, 7) is 2.75. The zero-order valence-corrected chi connectivity index (χ0v) is 17.7. The van der Waals surface area contributed by atoms with E-state index in [2.05, 4.69) is 0 Å². The van der Waals surface area contributed by atoms with Gasteiger partial charge in [0, 0.05) is 26.1 Å². The molecule has 1 saturated carbocycles. The SMILES string of the molecule is Cc1cc([C@@H]2CC[C@H](C(=O)N(C)Cc3ccccc3)CN2C(=O)C2CC2)ccc1F. The minimum absolute atomic E-state index is 0.0825. The molecule has 1 heterocycles. The Balaban J connectivity index is 1.50. The fraction of sp³-hybridized carbons (Fsp3) is 0.440. The largest absolute Gasteiger partial charge is 0.341 e.